The first kappa shape index (κ1) is 26.2. The lowest BCUT2D eigenvalue weighted by Gasteiger charge is -2.26. The maximum Gasteiger partial charge on any atom is 0.335 e. The molecule has 0 aromatic heterocycles. The van der Waals surface area contributed by atoms with Gasteiger partial charge in [-0.3, -0.25) is 19.7 Å². The Morgan fingerprint density at radius 3 is 2.37 bits per heavy atom. The van der Waals surface area contributed by atoms with Crippen molar-refractivity contribution >= 4 is 52.8 Å². The predicted molar refractivity (Wildman–Crippen MR) is 141 cm³/mol. The molecule has 1 heterocycles. The van der Waals surface area contributed by atoms with Gasteiger partial charge in [0.1, 0.15) is 11.3 Å². The van der Waals surface area contributed by atoms with Crippen LogP contribution in [0.5, 0.6) is 17.2 Å². The monoisotopic (exact) mass is 535 g/mol. The Labute approximate surface area is 222 Å². The van der Waals surface area contributed by atoms with Crippen molar-refractivity contribution in [3.63, 3.8) is 0 Å². The van der Waals surface area contributed by atoms with Gasteiger partial charge in [0.25, 0.3) is 17.7 Å². The zero-order valence-electron chi connectivity index (χ0n) is 20.3. The molecule has 0 radical (unpaired) electrons. The summed E-state index contributed by atoms with van der Waals surface area (Å²) in [5.74, 6) is -1.37. The summed E-state index contributed by atoms with van der Waals surface area (Å²) in [5.41, 5.74) is 0.830. The van der Waals surface area contributed by atoms with Crippen molar-refractivity contribution in [3.05, 3.63) is 82.9 Å². The van der Waals surface area contributed by atoms with Gasteiger partial charge in [0.05, 0.1) is 30.6 Å². The van der Waals surface area contributed by atoms with Crippen LogP contribution in [0, 0.1) is 0 Å². The summed E-state index contributed by atoms with van der Waals surface area (Å²) in [5, 5.41) is 4.92. The Balaban J connectivity index is 1.55. The second-order valence-corrected chi connectivity index (χ2v) is 8.27. The van der Waals surface area contributed by atoms with E-state index in [0.29, 0.717) is 22.7 Å². The molecular weight excluding hydrogens is 514 g/mol. The number of rotatable bonds is 8. The Morgan fingerprint density at radius 1 is 0.974 bits per heavy atom. The summed E-state index contributed by atoms with van der Waals surface area (Å²) >= 11 is 6.41. The fraction of sp³-hybridized carbons (Fsp3) is 0.111. The van der Waals surface area contributed by atoms with Crippen molar-refractivity contribution < 1.29 is 33.4 Å². The van der Waals surface area contributed by atoms with Crippen LogP contribution >= 0.6 is 11.6 Å². The Kier molecular flexibility index (Phi) is 7.93. The van der Waals surface area contributed by atoms with Gasteiger partial charge in [-0.2, -0.15) is 0 Å². The number of barbiturate groups is 1. The number of imide groups is 2. The highest BCUT2D eigenvalue weighted by atomic mass is 35.5. The Hall–Kier alpha value is -4.83. The molecule has 0 spiro atoms. The van der Waals surface area contributed by atoms with Crippen LogP contribution in [-0.2, 0) is 14.4 Å². The average molecular weight is 536 g/mol. The van der Waals surface area contributed by atoms with E-state index in [1.165, 1.54) is 32.4 Å². The molecule has 1 aliphatic rings. The van der Waals surface area contributed by atoms with Gasteiger partial charge in [-0.05, 0) is 48.0 Å². The normalized spacial score (nSPS) is 14.2. The molecule has 194 valence electrons. The number of nitrogens with one attached hydrogen (secondary N) is 2. The SMILES string of the molecule is COc1ccccc1NC(=O)COc1c(Cl)cc(/C=C2/C(=O)NC(=O)N(c3ccccc3)C2=O)cc1OC. The molecule has 0 atom stereocenters. The number of methoxy groups -OCH3 is 2. The number of carbonyl (C=O) groups excluding carboxylic acids is 4. The summed E-state index contributed by atoms with van der Waals surface area (Å²) < 4.78 is 16.2. The maximum absolute atomic E-state index is 13.1. The van der Waals surface area contributed by atoms with Crippen LogP contribution in [-0.4, -0.2) is 44.6 Å². The van der Waals surface area contributed by atoms with Crippen LogP contribution in [0.3, 0.4) is 0 Å². The molecule has 0 bridgehead atoms. The Bertz CT molecular complexity index is 1440. The quantitative estimate of drug-likeness (QED) is 0.329. The molecule has 0 saturated carbocycles. The second kappa shape index (κ2) is 11.5. The molecule has 1 fully saturated rings. The zero-order chi connectivity index (χ0) is 27.2. The summed E-state index contributed by atoms with van der Waals surface area (Å²) in [6, 6.07) is 17.2. The number of urea groups is 1. The van der Waals surface area contributed by atoms with Gasteiger partial charge < -0.3 is 19.5 Å². The molecule has 5 amide bonds. The third-order valence-electron chi connectivity index (χ3n) is 5.41. The number of hydrogen-bond acceptors (Lipinski definition) is 7. The van der Waals surface area contributed by atoms with Crippen LogP contribution in [0.2, 0.25) is 5.02 Å². The first-order valence-corrected chi connectivity index (χ1v) is 11.6. The minimum atomic E-state index is -0.853. The average Bonchev–Trinajstić information content (AvgIpc) is 2.91. The lowest BCUT2D eigenvalue weighted by Crippen LogP contribution is -2.54. The van der Waals surface area contributed by atoms with Gasteiger partial charge in [-0.15, -0.1) is 0 Å². The summed E-state index contributed by atoms with van der Waals surface area (Å²) in [4.78, 5) is 51.2. The van der Waals surface area contributed by atoms with Crippen LogP contribution < -0.4 is 29.7 Å². The van der Waals surface area contributed by atoms with Crippen molar-refractivity contribution in [3.8, 4) is 17.2 Å². The molecule has 1 saturated heterocycles. The molecule has 0 aliphatic carbocycles. The summed E-state index contributed by atoms with van der Waals surface area (Å²) in [6.45, 7) is -0.385. The molecule has 2 N–H and O–H groups in total. The minimum absolute atomic E-state index is 0.0703. The second-order valence-electron chi connectivity index (χ2n) is 7.86. The molecule has 38 heavy (non-hydrogen) atoms. The zero-order valence-corrected chi connectivity index (χ0v) is 21.1. The van der Waals surface area contributed by atoms with Gasteiger partial charge in [-0.25, -0.2) is 9.69 Å². The number of nitrogens with zero attached hydrogens (tertiary/aromatic N) is 1. The van der Waals surface area contributed by atoms with Crippen LogP contribution in [0.1, 0.15) is 5.56 Å². The van der Waals surface area contributed by atoms with E-state index in [1.807, 2.05) is 0 Å². The third kappa shape index (κ3) is 5.60. The molecule has 4 rings (SSSR count). The number of benzene rings is 3. The molecular formula is C27H22ClN3O7. The number of carbonyl (C=O) groups is 4. The smallest absolute Gasteiger partial charge is 0.335 e. The number of hydrogen-bond donors (Lipinski definition) is 2. The van der Waals surface area contributed by atoms with Gasteiger partial charge in [-0.1, -0.05) is 41.9 Å². The molecule has 3 aromatic rings. The molecule has 0 unspecified atom stereocenters. The van der Waals surface area contributed by atoms with Crippen molar-refractivity contribution in [2.24, 2.45) is 0 Å². The standard InChI is InChI=1S/C27H22ClN3O7/c1-36-21-11-7-6-10-20(21)29-23(32)15-38-24-19(28)13-16(14-22(24)37-2)12-18-25(33)30-27(35)31(26(18)34)17-8-4-3-5-9-17/h3-14H,15H2,1-2H3,(H,29,32)(H,30,33,35)/b18-12-. The minimum Gasteiger partial charge on any atom is -0.495 e. The topological polar surface area (TPSA) is 123 Å². The van der Waals surface area contributed by atoms with E-state index in [1.54, 1.807) is 54.6 Å². The predicted octanol–water partition coefficient (Wildman–Crippen LogP) is 4.04. The fourth-order valence-electron chi connectivity index (χ4n) is 3.67. The molecule has 3 aromatic carbocycles. The molecule has 1 aliphatic heterocycles. The highest BCUT2D eigenvalue weighted by molar-refractivity contribution is 6.39. The first-order valence-electron chi connectivity index (χ1n) is 11.2. The van der Waals surface area contributed by atoms with Gasteiger partial charge in [0.15, 0.2) is 18.1 Å². The highest BCUT2D eigenvalue weighted by Gasteiger charge is 2.36. The van der Waals surface area contributed by atoms with Crippen LogP contribution in [0.25, 0.3) is 6.08 Å². The molecule has 10 nitrogen and oxygen atoms in total. The van der Waals surface area contributed by atoms with E-state index in [0.717, 1.165) is 4.90 Å². The van der Waals surface area contributed by atoms with Crippen LogP contribution in [0.15, 0.2) is 72.3 Å². The number of para-hydroxylation sites is 3. The van der Waals surface area contributed by atoms with E-state index in [-0.39, 0.29) is 28.7 Å². The van der Waals surface area contributed by atoms with Crippen molar-refractivity contribution in [1.82, 2.24) is 5.32 Å². The van der Waals surface area contributed by atoms with E-state index in [2.05, 4.69) is 10.6 Å². The fourth-order valence-corrected chi connectivity index (χ4v) is 3.94. The lowest BCUT2D eigenvalue weighted by atomic mass is 10.1. The highest BCUT2D eigenvalue weighted by Crippen LogP contribution is 2.37. The van der Waals surface area contributed by atoms with Gasteiger partial charge in [0.2, 0.25) is 0 Å². The third-order valence-corrected chi connectivity index (χ3v) is 5.69. The largest absolute Gasteiger partial charge is 0.495 e. The van der Waals surface area contributed by atoms with E-state index < -0.39 is 23.8 Å². The van der Waals surface area contributed by atoms with Gasteiger partial charge >= 0.3 is 6.03 Å². The van der Waals surface area contributed by atoms with Gasteiger partial charge in [0, 0.05) is 0 Å². The number of amides is 5. The van der Waals surface area contributed by atoms with E-state index in [9.17, 15) is 19.2 Å². The number of anilines is 2. The van der Waals surface area contributed by atoms with Crippen molar-refractivity contribution in [2.75, 3.05) is 31.0 Å². The first-order chi connectivity index (χ1) is 18.3. The van der Waals surface area contributed by atoms with E-state index >= 15 is 0 Å². The molecule has 11 heteroatoms. The van der Waals surface area contributed by atoms with Crippen LogP contribution in [0.4, 0.5) is 16.2 Å². The van der Waals surface area contributed by atoms with Crippen molar-refractivity contribution in [1.29, 1.82) is 0 Å². The number of ether oxygens (including phenoxy) is 3. The lowest BCUT2D eigenvalue weighted by molar-refractivity contribution is -0.122. The summed E-state index contributed by atoms with van der Waals surface area (Å²) in [7, 11) is 2.86. The Morgan fingerprint density at radius 2 is 1.66 bits per heavy atom. The van der Waals surface area contributed by atoms with Crippen molar-refractivity contribution in [2.45, 2.75) is 0 Å². The summed E-state index contributed by atoms with van der Waals surface area (Å²) in [6.07, 6.45) is 1.28. The maximum atomic E-state index is 13.1. The number of halogens is 1. The van der Waals surface area contributed by atoms with E-state index in [4.69, 9.17) is 25.8 Å².